The number of rotatable bonds is 5. The largest absolute Gasteiger partial charge is 0.392 e. The van der Waals surface area contributed by atoms with E-state index in [1.807, 2.05) is 6.07 Å². The van der Waals surface area contributed by atoms with E-state index in [9.17, 15) is 9.90 Å². The highest BCUT2D eigenvalue weighted by Gasteiger charge is 2.08. The Balaban J connectivity index is 2.46. The van der Waals surface area contributed by atoms with Gasteiger partial charge in [-0.2, -0.15) is 5.26 Å². The molecule has 1 unspecified atom stereocenters. The zero-order valence-electron chi connectivity index (χ0n) is 10.6. The van der Waals surface area contributed by atoms with Crippen molar-refractivity contribution < 1.29 is 9.90 Å². The van der Waals surface area contributed by atoms with Gasteiger partial charge in [0, 0.05) is 12.2 Å². The second-order valence-electron chi connectivity index (χ2n) is 4.28. The van der Waals surface area contributed by atoms with E-state index in [-0.39, 0.29) is 12.5 Å². The lowest BCUT2D eigenvalue weighted by Crippen LogP contribution is -2.34. The first kappa shape index (κ1) is 14.2. The van der Waals surface area contributed by atoms with Gasteiger partial charge in [-0.05, 0) is 38.2 Å². The molecule has 1 amide bonds. The molecule has 0 heterocycles. The average molecular weight is 247 g/mol. The SMILES string of the molecule is CC(O)CN(C)CC(=O)Nc1ccc(C#N)cc1. The number of nitrogens with zero attached hydrogens (tertiary/aromatic N) is 2. The Morgan fingerprint density at radius 1 is 1.50 bits per heavy atom. The number of nitriles is 1. The molecule has 0 aliphatic heterocycles. The maximum absolute atomic E-state index is 11.7. The zero-order valence-corrected chi connectivity index (χ0v) is 10.6. The van der Waals surface area contributed by atoms with Crippen LogP contribution in [0.3, 0.4) is 0 Å². The van der Waals surface area contributed by atoms with Gasteiger partial charge in [-0.3, -0.25) is 9.69 Å². The fraction of sp³-hybridized carbons (Fsp3) is 0.385. The third-order valence-corrected chi connectivity index (χ3v) is 2.29. The number of hydrogen-bond donors (Lipinski definition) is 2. The molecule has 0 aliphatic rings. The number of anilines is 1. The highest BCUT2D eigenvalue weighted by molar-refractivity contribution is 5.92. The Bertz CT molecular complexity index is 435. The monoisotopic (exact) mass is 247 g/mol. The average Bonchev–Trinajstić information content (AvgIpc) is 2.28. The van der Waals surface area contributed by atoms with Crippen LogP contribution >= 0.6 is 0 Å². The Morgan fingerprint density at radius 3 is 2.61 bits per heavy atom. The Kier molecular flexibility index (Phi) is 5.31. The lowest BCUT2D eigenvalue weighted by Gasteiger charge is -2.17. The first-order chi connectivity index (χ1) is 8.51. The molecule has 0 saturated heterocycles. The van der Waals surface area contributed by atoms with Gasteiger partial charge in [0.25, 0.3) is 0 Å². The van der Waals surface area contributed by atoms with Gasteiger partial charge < -0.3 is 10.4 Å². The minimum atomic E-state index is -0.460. The molecule has 0 saturated carbocycles. The van der Waals surface area contributed by atoms with Gasteiger partial charge in [0.15, 0.2) is 0 Å². The zero-order chi connectivity index (χ0) is 13.5. The van der Waals surface area contributed by atoms with Gasteiger partial charge in [0.05, 0.1) is 24.3 Å². The number of benzene rings is 1. The van der Waals surface area contributed by atoms with Crippen LogP contribution in [0.5, 0.6) is 0 Å². The smallest absolute Gasteiger partial charge is 0.238 e. The number of aliphatic hydroxyl groups is 1. The molecule has 5 heteroatoms. The molecule has 0 aliphatic carbocycles. The Hall–Kier alpha value is -1.90. The minimum Gasteiger partial charge on any atom is -0.392 e. The minimum absolute atomic E-state index is 0.150. The summed E-state index contributed by atoms with van der Waals surface area (Å²) >= 11 is 0. The maximum Gasteiger partial charge on any atom is 0.238 e. The predicted molar refractivity (Wildman–Crippen MR) is 69.0 cm³/mol. The van der Waals surface area contributed by atoms with Crippen molar-refractivity contribution >= 4 is 11.6 Å². The van der Waals surface area contributed by atoms with Crippen molar-refractivity contribution in [1.82, 2.24) is 4.90 Å². The second kappa shape index (κ2) is 6.74. The van der Waals surface area contributed by atoms with Crippen molar-refractivity contribution in [2.45, 2.75) is 13.0 Å². The molecule has 96 valence electrons. The van der Waals surface area contributed by atoms with E-state index in [1.54, 1.807) is 43.1 Å². The summed E-state index contributed by atoms with van der Waals surface area (Å²) in [5, 5.41) is 20.6. The van der Waals surface area contributed by atoms with Crippen LogP contribution in [0.4, 0.5) is 5.69 Å². The van der Waals surface area contributed by atoms with E-state index in [0.29, 0.717) is 17.8 Å². The molecule has 1 aromatic carbocycles. The third kappa shape index (κ3) is 4.95. The molecule has 0 aromatic heterocycles. The number of likely N-dealkylation sites (N-methyl/N-ethyl adjacent to an activating group) is 1. The van der Waals surface area contributed by atoms with Crippen LogP contribution in [0.2, 0.25) is 0 Å². The highest BCUT2D eigenvalue weighted by Crippen LogP contribution is 2.08. The fourth-order valence-corrected chi connectivity index (χ4v) is 1.59. The molecular formula is C13H17N3O2. The Morgan fingerprint density at radius 2 is 2.11 bits per heavy atom. The van der Waals surface area contributed by atoms with Crippen molar-refractivity contribution in [3.8, 4) is 6.07 Å². The molecule has 0 spiro atoms. The van der Waals surface area contributed by atoms with Gasteiger partial charge in [-0.15, -0.1) is 0 Å². The molecule has 0 fully saturated rings. The molecule has 2 N–H and O–H groups in total. The van der Waals surface area contributed by atoms with E-state index < -0.39 is 6.10 Å². The summed E-state index contributed by atoms with van der Waals surface area (Å²) < 4.78 is 0. The molecule has 1 atom stereocenters. The number of carbonyl (C=O) groups excluding carboxylic acids is 1. The van der Waals surface area contributed by atoms with Crippen LogP contribution < -0.4 is 5.32 Å². The fourth-order valence-electron chi connectivity index (χ4n) is 1.59. The van der Waals surface area contributed by atoms with E-state index in [2.05, 4.69) is 5.32 Å². The lowest BCUT2D eigenvalue weighted by atomic mass is 10.2. The summed E-state index contributed by atoms with van der Waals surface area (Å²) in [6.07, 6.45) is -0.460. The molecule has 1 rings (SSSR count). The van der Waals surface area contributed by atoms with Crippen molar-refractivity contribution in [1.29, 1.82) is 5.26 Å². The van der Waals surface area contributed by atoms with Gasteiger partial charge in [0.1, 0.15) is 0 Å². The third-order valence-electron chi connectivity index (χ3n) is 2.29. The first-order valence-electron chi connectivity index (χ1n) is 5.68. The van der Waals surface area contributed by atoms with Crippen LogP contribution in [-0.4, -0.2) is 42.2 Å². The van der Waals surface area contributed by atoms with E-state index in [1.165, 1.54) is 0 Å². The van der Waals surface area contributed by atoms with Gasteiger partial charge in [-0.25, -0.2) is 0 Å². The van der Waals surface area contributed by atoms with Crippen molar-refractivity contribution in [2.24, 2.45) is 0 Å². The molecule has 0 bridgehead atoms. The number of nitrogens with one attached hydrogen (secondary N) is 1. The number of amides is 1. The summed E-state index contributed by atoms with van der Waals surface area (Å²) in [7, 11) is 1.77. The lowest BCUT2D eigenvalue weighted by molar-refractivity contribution is -0.117. The standard InChI is InChI=1S/C13H17N3O2/c1-10(17)8-16(2)9-13(18)15-12-5-3-11(7-14)4-6-12/h3-6,10,17H,8-9H2,1-2H3,(H,15,18). The maximum atomic E-state index is 11.7. The van der Waals surface area contributed by atoms with Crippen LogP contribution in [0.1, 0.15) is 12.5 Å². The van der Waals surface area contributed by atoms with E-state index in [4.69, 9.17) is 5.26 Å². The highest BCUT2D eigenvalue weighted by atomic mass is 16.3. The summed E-state index contributed by atoms with van der Waals surface area (Å²) in [5.74, 6) is -0.150. The molecular weight excluding hydrogens is 230 g/mol. The number of hydrogen-bond acceptors (Lipinski definition) is 4. The Labute approximate surface area is 107 Å². The van der Waals surface area contributed by atoms with Crippen LogP contribution in [0, 0.1) is 11.3 Å². The van der Waals surface area contributed by atoms with Crippen LogP contribution in [0.25, 0.3) is 0 Å². The van der Waals surface area contributed by atoms with Gasteiger partial charge >= 0.3 is 0 Å². The number of carbonyl (C=O) groups is 1. The molecule has 0 radical (unpaired) electrons. The van der Waals surface area contributed by atoms with Crippen LogP contribution in [-0.2, 0) is 4.79 Å². The van der Waals surface area contributed by atoms with E-state index >= 15 is 0 Å². The first-order valence-corrected chi connectivity index (χ1v) is 5.68. The molecule has 18 heavy (non-hydrogen) atoms. The predicted octanol–water partition coefficient (Wildman–Crippen LogP) is 0.809. The normalized spacial score (nSPS) is 11.9. The van der Waals surface area contributed by atoms with Crippen molar-refractivity contribution in [3.63, 3.8) is 0 Å². The van der Waals surface area contributed by atoms with Crippen molar-refractivity contribution in [3.05, 3.63) is 29.8 Å². The summed E-state index contributed by atoms with van der Waals surface area (Å²) in [6, 6.07) is 8.68. The quantitative estimate of drug-likeness (QED) is 0.807. The summed E-state index contributed by atoms with van der Waals surface area (Å²) in [6.45, 7) is 2.33. The topological polar surface area (TPSA) is 76.4 Å². The van der Waals surface area contributed by atoms with Gasteiger partial charge in [0.2, 0.25) is 5.91 Å². The molecule has 5 nitrogen and oxygen atoms in total. The summed E-state index contributed by atoms with van der Waals surface area (Å²) in [4.78, 5) is 13.4. The number of aliphatic hydroxyl groups excluding tert-OH is 1. The summed E-state index contributed by atoms with van der Waals surface area (Å²) in [5.41, 5.74) is 1.21. The second-order valence-corrected chi connectivity index (χ2v) is 4.28. The van der Waals surface area contributed by atoms with Crippen molar-refractivity contribution in [2.75, 3.05) is 25.5 Å². The van der Waals surface area contributed by atoms with Crippen LogP contribution in [0.15, 0.2) is 24.3 Å². The van der Waals surface area contributed by atoms with E-state index in [0.717, 1.165) is 0 Å². The molecule has 1 aromatic rings. The van der Waals surface area contributed by atoms with Gasteiger partial charge in [-0.1, -0.05) is 0 Å².